The van der Waals surface area contributed by atoms with Gasteiger partial charge in [0.05, 0.1) is 27.7 Å². The van der Waals surface area contributed by atoms with Crippen LogP contribution in [0, 0.1) is 0 Å². The van der Waals surface area contributed by atoms with Gasteiger partial charge in [0.2, 0.25) is 0 Å². The van der Waals surface area contributed by atoms with E-state index in [-0.39, 0.29) is 18.4 Å². The highest BCUT2D eigenvalue weighted by Crippen LogP contribution is 2.09. The third-order valence-electron chi connectivity index (χ3n) is 3.82. The van der Waals surface area contributed by atoms with E-state index in [1.54, 1.807) is 0 Å². The molecule has 3 nitrogen and oxygen atoms in total. The number of benzene rings is 2. The minimum atomic E-state index is -0.330. The predicted octanol–water partition coefficient (Wildman–Crippen LogP) is 3.39. The summed E-state index contributed by atoms with van der Waals surface area (Å²) in [4.78, 5) is 10.3. The molecule has 0 fully saturated rings. The number of unbranched alkanes of at least 4 members (excludes halogenated alkanes) is 1. The maximum absolute atomic E-state index is 10.3. The molecule has 0 amide bonds. The first-order chi connectivity index (χ1) is 14.3. The van der Waals surface area contributed by atoms with Crippen LogP contribution in [0.25, 0.3) is 12.2 Å². The van der Waals surface area contributed by atoms with E-state index < -0.39 is 0 Å². The summed E-state index contributed by atoms with van der Waals surface area (Å²) in [6.45, 7) is 14.3. The van der Waals surface area contributed by atoms with Crippen LogP contribution in [0.2, 0.25) is 0 Å². The van der Waals surface area contributed by atoms with E-state index in [0.717, 1.165) is 23.9 Å². The molecule has 0 heterocycles. The van der Waals surface area contributed by atoms with Crippen molar-refractivity contribution < 1.29 is 26.4 Å². The molecule has 0 aliphatic heterocycles. The van der Waals surface area contributed by atoms with E-state index in [0.29, 0.717) is 6.61 Å². The Bertz CT molecular complexity index is 747. The van der Waals surface area contributed by atoms with Gasteiger partial charge in [0.1, 0.15) is 6.54 Å². The van der Waals surface area contributed by atoms with Crippen molar-refractivity contribution >= 4 is 18.1 Å². The first-order valence-corrected chi connectivity index (χ1v) is 10.2. The van der Waals surface area contributed by atoms with Crippen LogP contribution in [-0.4, -0.2) is 38.2 Å². The van der Waals surface area contributed by atoms with Crippen molar-refractivity contribution in [1.29, 1.82) is 0 Å². The van der Waals surface area contributed by atoms with Crippen LogP contribution in [0.5, 0.6) is 0 Å². The van der Waals surface area contributed by atoms with Gasteiger partial charge in [0.15, 0.2) is 0 Å². The third kappa shape index (κ3) is 17.9. The molecule has 0 saturated carbocycles. The van der Waals surface area contributed by atoms with Crippen molar-refractivity contribution in [3.05, 3.63) is 97.1 Å². The molecule has 0 unspecified atom stereocenters. The summed E-state index contributed by atoms with van der Waals surface area (Å²) in [6, 6.07) is 18.6. The molecule has 2 rings (SSSR count). The number of hydrogen-bond acceptors (Lipinski definition) is 2. The van der Waals surface area contributed by atoms with Gasteiger partial charge in [-0.1, -0.05) is 99.8 Å². The smallest absolute Gasteiger partial charge is 0.330 e. The summed E-state index contributed by atoms with van der Waals surface area (Å²) in [5.41, 5.74) is 3.73. The lowest BCUT2D eigenvalue weighted by molar-refractivity contribution is -0.884. The van der Waals surface area contributed by atoms with Crippen molar-refractivity contribution in [2.75, 3.05) is 27.7 Å². The molecule has 2 aromatic carbocycles. The minimum Gasteiger partial charge on any atom is -1.00 e. The molecule has 2 aromatic rings. The van der Waals surface area contributed by atoms with Gasteiger partial charge in [-0.2, -0.15) is 0 Å². The number of carbonyl (C=O) groups excluding carboxylic acids is 1. The number of nitrogens with zero attached hydrogens (tertiary/aromatic N) is 1. The second kappa shape index (κ2) is 18.2. The fourth-order valence-corrected chi connectivity index (χ4v) is 2.27. The second-order valence-electron chi connectivity index (χ2n) is 7.73. The Balaban J connectivity index is 0. The summed E-state index contributed by atoms with van der Waals surface area (Å²) in [7, 11) is 6.59. The highest BCUT2D eigenvalue weighted by atomic mass is 35.5. The van der Waals surface area contributed by atoms with Gasteiger partial charge in [-0.3, -0.25) is 0 Å². The predicted molar refractivity (Wildman–Crippen MR) is 131 cm³/mol. The zero-order valence-electron chi connectivity index (χ0n) is 19.5. The maximum Gasteiger partial charge on any atom is 0.330 e. The number of carbonyl (C=O) groups is 1. The van der Waals surface area contributed by atoms with Gasteiger partial charge in [-0.15, -0.1) is 0 Å². The molecular weight excluding hydrogens is 406 g/mol. The first-order valence-electron chi connectivity index (χ1n) is 10.2. The van der Waals surface area contributed by atoms with Gasteiger partial charge < -0.3 is 21.6 Å². The van der Waals surface area contributed by atoms with Crippen molar-refractivity contribution in [3.63, 3.8) is 0 Å². The van der Waals surface area contributed by atoms with Crippen molar-refractivity contribution in [2.24, 2.45) is 0 Å². The SMILES string of the molecule is C=CC(=O)OCCCC.C=Cc1ccc(C[N+](C)(C)C)cc1.C=Cc1ccccc1.[Cl-]. The largest absolute Gasteiger partial charge is 1.00 e. The molecule has 4 heteroatoms. The zero-order chi connectivity index (χ0) is 22.8. The Kier molecular flexibility index (Phi) is 17.9. The molecular formula is C27H38ClNO2. The summed E-state index contributed by atoms with van der Waals surface area (Å²) in [5.74, 6) is -0.330. The number of quaternary nitrogens is 1. The molecule has 0 atom stereocenters. The molecule has 170 valence electrons. The van der Waals surface area contributed by atoms with Crippen LogP contribution >= 0.6 is 0 Å². The summed E-state index contributed by atoms with van der Waals surface area (Å²) >= 11 is 0. The second-order valence-corrected chi connectivity index (χ2v) is 7.73. The number of esters is 1. The molecule has 0 N–H and O–H groups in total. The fourth-order valence-electron chi connectivity index (χ4n) is 2.27. The van der Waals surface area contributed by atoms with Gasteiger partial charge in [0.25, 0.3) is 0 Å². The average Bonchev–Trinajstić information content (AvgIpc) is 2.74. The van der Waals surface area contributed by atoms with E-state index in [2.05, 4.69) is 69.9 Å². The van der Waals surface area contributed by atoms with Crippen LogP contribution in [-0.2, 0) is 16.1 Å². The maximum atomic E-state index is 10.3. The quantitative estimate of drug-likeness (QED) is 0.270. The first kappa shape index (κ1) is 30.6. The Labute approximate surface area is 195 Å². The minimum absolute atomic E-state index is 0. The van der Waals surface area contributed by atoms with E-state index in [1.165, 1.54) is 22.8 Å². The lowest BCUT2D eigenvalue weighted by Crippen LogP contribution is -3.00. The Morgan fingerprint density at radius 2 is 1.42 bits per heavy atom. The topological polar surface area (TPSA) is 26.3 Å². The van der Waals surface area contributed by atoms with Gasteiger partial charge >= 0.3 is 5.97 Å². The van der Waals surface area contributed by atoms with E-state index in [4.69, 9.17) is 0 Å². The van der Waals surface area contributed by atoms with Crippen LogP contribution < -0.4 is 12.4 Å². The van der Waals surface area contributed by atoms with Gasteiger partial charge in [-0.05, 0) is 17.5 Å². The number of halogens is 1. The Morgan fingerprint density at radius 3 is 1.81 bits per heavy atom. The zero-order valence-corrected chi connectivity index (χ0v) is 20.3. The molecule has 0 saturated heterocycles. The molecule has 0 radical (unpaired) electrons. The fraction of sp³-hybridized carbons (Fsp3) is 0.296. The Morgan fingerprint density at radius 1 is 0.903 bits per heavy atom. The number of rotatable bonds is 8. The summed E-state index contributed by atoms with van der Waals surface area (Å²) < 4.78 is 5.64. The number of ether oxygens (including phenoxy) is 1. The number of hydrogen-bond donors (Lipinski definition) is 0. The summed E-state index contributed by atoms with van der Waals surface area (Å²) in [6.07, 6.45) is 6.86. The van der Waals surface area contributed by atoms with Crippen LogP contribution in [0.15, 0.2) is 80.4 Å². The van der Waals surface area contributed by atoms with Crippen LogP contribution in [0.4, 0.5) is 0 Å². The summed E-state index contributed by atoms with van der Waals surface area (Å²) in [5, 5.41) is 0. The monoisotopic (exact) mass is 443 g/mol. The lowest BCUT2D eigenvalue weighted by Gasteiger charge is -2.23. The highest BCUT2D eigenvalue weighted by molar-refractivity contribution is 5.81. The van der Waals surface area contributed by atoms with E-state index >= 15 is 0 Å². The molecule has 0 bridgehead atoms. The van der Waals surface area contributed by atoms with Crippen molar-refractivity contribution in [3.8, 4) is 0 Å². The van der Waals surface area contributed by atoms with Crippen molar-refractivity contribution in [2.45, 2.75) is 26.3 Å². The highest BCUT2D eigenvalue weighted by Gasteiger charge is 2.07. The molecule has 0 aliphatic carbocycles. The lowest BCUT2D eigenvalue weighted by atomic mass is 10.1. The average molecular weight is 444 g/mol. The molecule has 31 heavy (non-hydrogen) atoms. The Hall–Kier alpha value is -2.62. The van der Waals surface area contributed by atoms with Crippen LogP contribution in [0.1, 0.15) is 36.5 Å². The van der Waals surface area contributed by atoms with Gasteiger partial charge in [0, 0.05) is 11.6 Å². The molecule has 0 aromatic heterocycles. The standard InChI is InChI=1S/C12H18N.C8H8.C7H12O2.ClH/c1-5-11-6-8-12(9-7-11)10-13(2,3)4;1-2-8-6-4-3-5-7-8;1-3-5-6-9-7(8)4-2;/h5-9H,1,10H2,2-4H3;2-7H,1H2;4H,2-3,5-6H2,1H3;1H/q+1;;;/p-1. The van der Waals surface area contributed by atoms with Crippen LogP contribution in [0.3, 0.4) is 0 Å². The van der Waals surface area contributed by atoms with E-state index in [1.807, 2.05) is 49.4 Å². The molecule has 0 aliphatic rings. The van der Waals surface area contributed by atoms with Crippen molar-refractivity contribution in [1.82, 2.24) is 0 Å². The third-order valence-corrected chi connectivity index (χ3v) is 3.82. The molecule has 0 spiro atoms. The van der Waals surface area contributed by atoms with E-state index in [9.17, 15) is 4.79 Å². The normalized spacial score (nSPS) is 9.42. The van der Waals surface area contributed by atoms with Gasteiger partial charge in [-0.25, -0.2) is 4.79 Å².